The summed E-state index contributed by atoms with van der Waals surface area (Å²) in [5, 5.41) is 10.6. The van der Waals surface area contributed by atoms with E-state index in [4.69, 9.17) is 21.5 Å². The van der Waals surface area contributed by atoms with E-state index in [9.17, 15) is 0 Å². The first-order valence-electron chi connectivity index (χ1n) is 7.41. The molecule has 0 saturated heterocycles. The van der Waals surface area contributed by atoms with Crippen molar-refractivity contribution in [3.05, 3.63) is 58.9 Å². The van der Waals surface area contributed by atoms with Gasteiger partial charge in [0.25, 0.3) is 0 Å². The maximum atomic E-state index is 5.27. The first-order chi connectivity index (χ1) is 12.1. The van der Waals surface area contributed by atoms with Crippen LogP contribution in [0.1, 0.15) is 5.89 Å². The number of hydrogen-bond acceptors (Lipinski definition) is 5. The Labute approximate surface area is 158 Å². The standard InChI is InChI=1S/C17H15BrN4O2S/c1-23-14-7-5-11(6-8-14)16-21-15(24-22-16)10-19-17(25)20-13-4-2-3-12(18)9-13/h2-9H,10H2,1H3,(H2,19,20,25). The Hall–Kier alpha value is -2.45. The second-order valence-electron chi connectivity index (χ2n) is 5.06. The first kappa shape index (κ1) is 17.4. The number of nitrogens with zero attached hydrogens (tertiary/aromatic N) is 2. The molecule has 0 aliphatic rings. The molecule has 0 saturated carbocycles. The van der Waals surface area contributed by atoms with Crippen molar-refractivity contribution < 1.29 is 9.26 Å². The van der Waals surface area contributed by atoms with Crippen molar-refractivity contribution >= 4 is 38.9 Å². The lowest BCUT2D eigenvalue weighted by Crippen LogP contribution is -2.27. The van der Waals surface area contributed by atoms with Crippen LogP contribution in [0.3, 0.4) is 0 Å². The van der Waals surface area contributed by atoms with Gasteiger partial charge in [0.05, 0.1) is 13.7 Å². The summed E-state index contributed by atoms with van der Waals surface area (Å²) in [5.41, 5.74) is 1.74. The summed E-state index contributed by atoms with van der Waals surface area (Å²) in [7, 11) is 1.62. The predicted octanol–water partition coefficient (Wildman–Crippen LogP) is 3.99. The zero-order chi connectivity index (χ0) is 17.6. The second kappa shape index (κ2) is 8.09. The molecule has 0 aliphatic carbocycles. The minimum atomic E-state index is 0.336. The van der Waals surface area contributed by atoms with E-state index in [1.165, 1.54) is 0 Å². The fraction of sp³-hybridized carbons (Fsp3) is 0.118. The number of aromatic nitrogens is 2. The number of rotatable bonds is 5. The summed E-state index contributed by atoms with van der Waals surface area (Å²) in [6.07, 6.45) is 0. The van der Waals surface area contributed by atoms with Crippen LogP contribution in [0.4, 0.5) is 5.69 Å². The molecule has 2 aromatic carbocycles. The lowest BCUT2D eigenvalue weighted by Gasteiger charge is -2.08. The monoisotopic (exact) mass is 418 g/mol. The minimum Gasteiger partial charge on any atom is -0.497 e. The topological polar surface area (TPSA) is 72.2 Å². The highest BCUT2D eigenvalue weighted by atomic mass is 79.9. The molecule has 0 radical (unpaired) electrons. The number of halogens is 1. The van der Waals surface area contributed by atoms with Crippen molar-refractivity contribution in [1.29, 1.82) is 0 Å². The number of ether oxygens (including phenoxy) is 1. The Morgan fingerprint density at radius 2 is 2.04 bits per heavy atom. The summed E-state index contributed by atoms with van der Waals surface area (Å²) in [4.78, 5) is 4.35. The average molecular weight is 419 g/mol. The number of methoxy groups -OCH3 is 1. The van der Waals surface area contributed by atoms with Crippen molar-refractivity contribution in [3.63, 3.8) is 0 Å². The predicted molar refractivity (Wildman–Crippen MR) is 103 cm³/mol. The maximum Gasteiger partial charge on any atom is 0.246 e. The molecule has 128 valence electrons. The summed E-state index contributed by atoms with van der Waals surface area (Å²) in [6, 6.07) is 15.2. The molecular weight excluding hydrogens is 404 g/mol. The van der Waals surface area contributed by atoms with Gasteiger partial charge in [-0.1, -0.05) is 27.2 Å². The van der Waals surface area contributed by atoms with Crippen molar-refractivity contribution in [2.45, 2.75) is 6.54 Å². The van der Waals surface area contributed by atoms with Crippen LogP contribution >= 0.6 is 28.1 Å². The van der Waals surface area contributed by atoms with Gasteiger partial charge in [-0.3, -0.25) is 0 Å². The van der Waals surface area contributed by atoms with Crippen LogP contribution in [0, 0.1) is 0 Å². The minimum absolute atomic E-state index is 0.336. The van der Waals surface area contributed by atoms with E-state index in [1.54, 1.807) is 7.11 Å². The van der Waals surface area contributed by atoms with Gasteiger partial charge in [-0.05, 0) is 54.7 Å². The highest BCUT2D eigenvalue weighted by Crippen LogP contribution is 2.19. The Morgan fingerprint density at radius 1 is 1.24 bits per heavy atom. The maximum absolute atomic E-state index is 5.27. The zero-order valence-corrected chi connectivity index (χ0v) is 15.7. The van der Waals surface area contributed by atoms with Crippen molar-refractivity contribution in [2.24, 2.45) is 0 Å². The molecule has 0 spiro atoms. The summed E-state index contributed by atoms with van der Waals surface area (Å²) < 4.78 is 11.4. The van der Waals surface area contributed by atoms with E-state index < -0.39 is 0 Å². The first-order valence-corrected chi connectivity index (χ1v) is 8.61. The van der Waals surface area contributed by atoms with Gasteiger partial charge >= 0.3 is 0 Å². The molecule has 25 heavy (non-hydrogen) atoms. The van der Waals surface area contributed by atoms with Crippen LogP contribution in [-0.2, 0) is 6.54 Å². The van der Waals surface area contributed by atoms with Crippen LogP contribution in [0.5, 0.6) is 5.75 Å². The Bertz CT molecular complexity index is 867. The van der Waals surface area contributed by atoms with Crippen molar-refractivity contribution in [2.75, 3.05) is 12.4 Å². The van der Waals surface area contributed by atoms with Gasteiger partial charge in [-0.25, -0.2) is 0 Å². The number of anilines is 1. The SMILES string of the molecule is COc1ccc(-c2noc(CNC(=S)Nc3cccc(Br)c3)n2)cc1. The van der Waals surface area contributed by atoms with Crippen molar-refractivity contribution in [3.8, 4) is 17.1 Å². The molecule has 3 aromatic rings. The molecule has 0 atom stereocenters. The van der Waals surface area contributed by atoms with E-state index in [1.807, 2.05) is 48.5 Å². The molecule has 0 amide bonds. The molecule has 8 heteroatoms. The highest BCUT2D eigenvalue weighted by molar-refractivity contribution is 9.10. The van der Waals surface area contributed by atoms with Crippen LogP contribution in [0.2, 0.25) is 0 Å². The van der Waals surface area contributed by atoms with Crippen LogP contribution in [0.15, 0.2) is 57.5 Å². The number of hydrogen-bond donors (Lipinski definition) is 2. The van der Waals surface area contributed by atoms with Gasteiger partial charge in [0.15, 0.2) is 5.11 Å². The summed E-state index contributed by atoms with van der Waals surface area (Å²) >= 11 is 8.68. The Kier molecular flexibility index (Phi) is 5.62. The van der Waals surface area contributed by atoms with Crippen LogP contribution in [0.25, 0.3) is 11.4 Å². The quantitative estimate of drug-likeness (QED) is 0.606. The zero-order valence-electron chi connectivity index (χ0n) is 13.3. The van der Waals surface area contributed by atoms with Crippen LogP contribution < -0.4 is 15.4 Å². The number of nitrogens with one attached hydrogen (secondary N) is 2. The van der Waals surface area contributed by atoms with Gasteiger partial charge in [-0.2, -0.15) is 4.98 Å². The fourth-order valence-electron chi connectivity index (χ4n) is 2.08. The largest absolute Gasteiger partial charge is 0.497 e. The van der Waals surface area contributed by atoms with E-state index in [0.29, 0.717) is 23.4 Å². The number of thiocarbonyl (C=S) groups is 1. The third-order valence-corrected chi connectivity index (χ3v) is 4.04. The molecule has 1 heterocycles. The molecule has 0 unspecified atom stereocenters. The average Bonchev–Trinajstić information content (AvgIpc) is 3.09. The van der Waals surface area contributed by atoms with E-state index in [0.717, 1.165) is 21.5 Å². The van der Waals surface area contributed by atoms with Gasteiger partial charge < -0.3 is 19.9 Å². The van der Waals surface area contributed by atoms with E-state index in [2.05, 4.69) is 36.7 Å². The summed E-state index contributed by atoms with van der Waals surface area (Å²) in [5.74, 6) is 1.74. The van der Waals surface area contributed by atoms with Gasteiger partial charge in [0, 0.05) is 15.7 Å². The molecule has 0 aliphatic heterocycles. The lowest BCUT2D eigenvalue weighted by molar-refractivity contribution is 0.376. The Balaban J connectivity index is 1.56. The fourth-order valence-corrected chi connectivity index (χ4v) is 2.67. The molecule has 3 rings (SSSR count). The van der Waals surface area contributed by atoms with E-state index >= 15 is 0 Å². The lowest BCUT2D eigenvalue weighted by atomic mass is 10.2. The Morgan fingerprint density at radius 3 is 2.76 bits per heavy atom. The van der Waals surface area contributed by atoms with Gasteiger partial charge in [0.1, 0.15) is 5.75 Å². The van der Waals surface area contributed by atoms with Crippen molar-refractivity contribution in [1.82, 2.24) is 15.5 Å². The van der Waals surface area contributed by atoms with E-state index in [-0.39, 0.29) is 0 Å². The molecule has 0 bridgehead atoms. The van der Waals surface area contributed by atoms with Gasteiger partial charge in [-0.15, -0.1) is 0 Å². The molecule has 2 N–H and O–H groups in total. The highest BCUT2D eigenvalue weighted by Gasteiger charge is 2.09. The normalized spacial score (nSPS) is 10.3. The summed E-state index contributed by atoms with van der Waals surface area (Å²) in [6.45, 7) is 0.336. The smallest absolute Gasteiger partial charge is 0.246 e. The number of benzene rings is 2. The molecule has 0 fully saturated rings. The third-order valence-electron chi connectivity index (χ3n) is 3.30. The molecule has 1 aromatic heterocycles. The molecular formula is C17H15BrN4O2S. The molecule has 6 nitrogen and oxygen atoms in total. The van der Waals surface area contributed by atoms with Crippen LogP contribution in [-0.4, -0.2) is 22.4 Å². The third kappa shape index (κ3) is 4.77. The second-order valence-corrected chi connectivity index (χ2v) is 6.38. The van der Waals surface area contributed by atoms with Gasteiger partial charge in [0.2, 0.25) is 11.7 Å².